The van der Waals surface area contributed by atoms with Crippen molar-refractivity contribution in [2.24, 2.45) is 5.92 Å². The predicted octanol–water partition coefficient (Wildman–Crippen LogP) is 5.43. The Morgan fingerprint density at radius 1 is 1.05 bits per heavy atom. The van der Waals surface area contributed by atoms with E-state index in [4.69, 9.17) is 47.1 Å². The van der Waals surface area contributed by atoms with E-state index in [0.29, 0.717) is 57.8 Å². The van der Waals surface area contributed by atoms with Gasteiger partial charge in [-0.1, -0.05) is 60.3 Å². The molecule has 3 fully saturated rings. The van der Waals surface area contributed by atoms with Gasteiger partial charge in [-0.25, -0.2) is 18.2 Å². The highest BCUT2D eigenvalue weighted by molar-refractivity contribution is 7.91. The summed E-state index contributed by atoms with van der Waals surface area (Å²) in [6.07, 6.45) is 6.18. The lowest BCUT2D eigenvalue weighted by atomic mass is 10.1. The summed E-state index contributed by atoms with van der Waals surface area (Å²) in [4.78, 5) is 66.0. The van der Waals surface area contributed by atoms with Gasteiger partial charge in [-0.2, -0.15) is 4.98 Å². The van der Waals surface area contributed by atoms with E-state index in [1.54, 1.807) is 24.3 Å². The van der Waals surface area contributed by atoms with E-state index in [-0.39, 0.29) is 43.1 Å². The van der Waals surface area contributed by atoms with Crippen molar-refractivity contribution in [2.45, 2.75) is 86.8 Å². The molecule has 4 aromatic rings. The smallest absolute Gasteiger partial charge is 0.407 e. The number of alkyl carbamates (subject to hydrolysis) is 1. The maximum absolute atomic E-state index is 14.5. The lowest BCUT2D eigenvalue weighted by Crippen LogP contribution is -2.58. The molecule has 15 nitrogen and oxygen atoms in total. The van der Waals surface area contributed by atoms with E-state index in [2.05, 4.69) is 15.4 Å². The van der Waals surface area contributed by atoms with Crippen LogP contribution in [0.15, 0.2) is 59.0 Å². The van der Waals surface area contributed by atoms with E-state index >= 15 is 0 Å². The minimum absolute atomic E-state index is 0.0376. The van der Waals surface area contributed by atoms with Gasteiger partial charge in [-0.15, -0.1) is 0 Å². The molecule has 0 unspecified atom stereocenters. The number of furan rings is 1. The summed E-state index contributed by atoms with van der Waals surface area (Å²) in [6, 6.07) is 9.96. The van der Waals surface area contributed by atoms with Gasteiger partial charge in [0, 0.05) is 28.3 Å². The molecule has 5 atom stereocenters. The fourth-order valence-corrected chi connectivity index (χ4v) is 9.50. The molecule has 0 radical (unpaired) electrons. The SMILES string of the molecule is COC(=O)N[C@H]1CCCCC/C=C\[C@@H]2C[C@@]2(C(=O)NS(=O)(=O)C2CC2)NC(=O)[C@@H]2C[C@@H](Oc3nc(-c4ccc(Cl)cc4Cl)nc4c3oc3ccccc34)CN2C1=O. The number of hydrogen-bond donors (Lipinski definition) is 3. The number of para-hydroxylation sites is 1. The summed E-state index contributed by atoms with van der Waals surface area (Å²) < 4.78 is 45.5. The number of amides is 4. The molecule has 2 aliphatic carbocycles. The van der Waals surface area contributed by atoms with Crippen LogP contribution in [0.3, 0.4) is 0 Å². The third-order valence-corrected chi connectivity index (χ3v) is 13.3. The van der Waals surface area contributed by atoms with Crippen molar-refractivity contribution in [3.8, 4) is 17.3 Å². The molecule has 2 aromatic carbocycles. The van der Waals surface area contributed by atoms with Gasteiger partial charge in [0.25, 0.3) is 11.8 Å². The number of methoxy groups -OCH3 is 1. The van der Waals surface area contributed by atoms with Crippen LogP contribution in [0, 0.1) is 5.92 Å². The van der Waals surface area contributed by atoms with Crippen molar-refractivity contribution in [3.05, 3.63) is 64.7 Å². The second kappa shape index (κ2) is 15.4. The lowest BCUT2D eigenvalue weighted by Gasteiger charge is -2.29. The van der Waals surface area contributed by atoms with E-state index in [0.717, 1.165) is 12.8 Å². The number of benzene rings is 2. The van der Waals surface area contributed by atoms with E-state index in [1.165, 1.54) is 12.0 Å². The van der Waals surface area contributed by atoms with Gasteiger partial charge in [0.1, 0.15) is 34.8 Å². The predicted molar refractivity (Wildman–Crippen MR) is 210 cm³/mol. The van der Waals surface area contributed by atoms with Crippen LogP contribution in [-0.4, -0.2) is 89.7 Å². The minimum Gasteiger partial charge on any atom is -0.470 e. The van der Waals surface area contributed by atoms with Crippen molar-refractivity contribution in [3.63, 3.8) is 0 Å². The van der Waals surface area contributed by atoms with E-state index in [9.17, 15) is 27.6 Å². The quantitative estimate of drug-likeness (QED) is 0.201. The fraction of sp³-hybridized carbons (Fsp3) is 0.436. The molecule has 300 valence electrons. The van der Waals surface area contributed by atoms with Crippen LogP contribution in [0.4, 0.5) is 4.79 Å². The van der Waals surface area contributed by atoms with Crippen molar-refractivity contribution in [1.82, 2.24) is 30.2 Å². The summed E-state index contributed by atoms with van der Waals surface area (Å²) >= 11 is 12.8. The Morgan fingerprint density at radius 2 is 1.86 bits per heavy atom. The van der Waals surface area contributed by atoms with E-state index < -0.39 is 68.7 Å². The number of rotatable bonds is 7. The maximum Gasteiger partial charge on any atom is 0.407 e. The number of halogens is 2. The van der Waals surface area contributed by atoms with Gasteiger partial charge in [0.15, 0.2) is 5.82 Å². The third kappa shape index (κ3) is 7.86. The number of sulfonamides is 1. The summed E-state index contributed by atoms with van der Waals surface area (Å²) in [5.41, 5.74) is 0.131. The summed E-state index contributed by atoms with van der Waals surface area (Å²) in [5, 5.41) is 6.25. The number of ether oxygens (including phenoxy) is 2. The number of hydrogen-bond acceptors (Lipinski definition) is 11. The van der Waals surface area contributed by atoms with Crippen LogP contribution < -0.4 is 20.1 Å². The Bertz CT molecular complexity index is 2420. The van der Waals surface area contributed by atoms with Crippen LogP contribution in [0.1, 0.15) is 57.8 Å². The van der Waals surface area contributed by atoms with Gasteiger partial charge in [0.05, 0.1) is 23.9 Å². The number of aromatic nitrogens is 2. The molecule has 0 spiro atoms. The number of carbonyl (C=O) groups is 4. The number of carbonyl (C=O) groups excluding carboxylic acids is 4. The average Bonchev–Trinajstić information content (AvgIpc) is 4.08. The Kier molecular flexibility index (Phi) is 10.5. The zero-order valence-corrected chi connectivity index (χ0v) is 33.2. The number of fused-ring (bicyclic) bond motifs is 5. The Hall–Kier alpha value is -4.93. The first-order valence-electron chi connectivity index (χ1n) is 18.9. The number of nitrogens with one attached hydrogen (secondary N) is 3. The molecule has 2 aliphatic heterocycles. The first kappa shape index (κ1) is 38.9. The van der Waals surface area contributed by atoms with Crippen LogP contribution >= 0.6 is 23.2 Å². The first-order valence-corrected chi connectivity index (χ1v) is 21.2. The zero-order valence-electron chi connectivity index (χ0n) is 30.8. The van der Waals surface area contributed by atoms with E-state index in [1.807, 2.05) is 30.4 Å². The largest absolute Gasteiger partial charge is 0.470 e. The summed E-state index contributed by atoms with van der Waals surface area (Å²) in [5.74, 6) is -2.26. The van der Waals surface area contributed by atoms with Gasteiger partial charge < -0.3 is 29.4 Å². The Balaban J connectivity index is 1.15. The van der Waals surface area contributed by atoms with Crippen molar-refractivity contribution in [1.29, 1.82) is 0 Å². The standard InChI is InChI=1S/C39H40Cl2N6O9S/c1-54-38(51)42-28-11-6-4-2-3-5-9-21-19-39(21,37(50)46-57(52,53)24-14-15-24)45-34(48)29-18-23(20-47(29)36(28)49)55-35-32-31(26-10-7-8-12-30(26)56-32)43-33(44-35)25-16-13-22(40)17-27(25)41/h5,7-10,12-13,16-17,21,23-24,28-29H,2-4,6,11,14-15,18-20H2,1H3,(H,42,51)(H,45,48)(H,46,50)/b9-5-/t21-,23-,28+,29+,39-/m1/s1. The molecule has 2 saturated carbocycles. The molecular weight excluding hydrogens is 799 g/mol. The van der Waals surface area contributed by atoms with Crippen molar-refractivity contribution >= 4 is 79.1 Å². The van der Waals surface area contributed by atoms with Crippen LogP contribution in [-0.2, 0) is 29.1 Å². The van der Waals surface area contributed by atoms with Gasteiger partial charge >= 0.3 is 6.09 Å². The van der Waals surface area contributed by atoms with Crippen LogP contribution in [0.5, 0.6) is 5.88 Å². The molecule has 4 amide bonds. The molecule has 4 aliphatic rings. The molecule has 0 bridgehead atoms. The Morgan fingerprint density at radius 3 is 2.63 bits per heavy atom. The second-order valence-electron chi connectivity index (χ2n) is 14.9. The first-order chi connectivity index (χ1) is 27.4. The molecule has 2 aromatic heterocycles. The second-order valence-corrected chi connectivity index (χ2v) is 17.7. The Labute approximate surface area is 337 Å². The maximum atomic E-state index is 14.5. The molecule has 18 heteroatoms. The van der Waals surface area contributed by atoms with Gasteiger partial charge in [0.2, 0.25) is 27.4 Å². The van der Waals surface area contributed by atoms with Crippen molar-refractivity contribution in [2.75, 3.05) is 13.7 Å². The average molecular weight is 840 g/mol. The molecule has 57 heavy (non-hydrogen) atoms. The summed E-state index contributed by atoms with van der Waals surface area (Å²) in [6.45, 7) is -0.113. The van der Waals surface area contributed by atoms with Crippen molar-refractivity contribution < 1.29 is 41.5 Å². The number of nitrogens with zero attached hydrogens (tertiary/aromatic N) is 3. The zero-order chi connectivity index (χ0) is 40.1. The van der Waals surface area contributed by atoms with Gasteiger partial charge in [-0.05, 0) is 68.9 Å². The number of allylic oxidation sites excluding steroid dienone is 1. The van der Waals surface area contributed by atoms with Gasteiger partial charge in [-0.3, -0.25) is 19.1 Å². The monoisotopic (exact) mass is 838 g/mol. The highest BCUT2D eigenvalue weighted by Crippen LogP contribution is 2.46. The molecule has 4 heterocycles. The minimum atomic E-state index is -3.93. The lowest BCUT2D eigenvalue weighted by molar-refractivity contribution is -0.141. The molecule has 3 N–H and O–H groups in total. The highest BCUT2D eigenvalue weighted by Gasteiger charge is 2.62. The van der Waals surface area contributed by atoms with Crippen LogP contribution in [0.2, 0.25) is 10.0 Å². The molecule has 8 rings (SSSR count). The highest BCUT2D eigenvalue weighted by atomic mass is 35.5. The fourth-order valence-electron chi connectivity index (χ4n) is 7.64. The molecular formula is C39H40Cl2N6O9S. The topological polar surface area (TPSA) is 199 Å². The normalized spacial score (nSPS) is 26.1. The third-order valence-electron chi connectivity index (χ3n) is 11.0. The summed E-state index contributed by atoms with van der Waals surface area (Å²) in [7, 11) is -2.73. The molecule has 1 saturated heterocycles. The van der Waals surface area contributed by atoms with Crippen LogP contribution in [0.25, 0.3) is 33.5 Å².